The summed E-state index contributed by atoms with van der Waals surface area (Å²) in [5.74, 6) is 1.90. The number of hydrogen-bond donors (Lipinski definition) is 1. The Hall–Kier alpha value is -3.40. The summed E-state index contributed by atoms with van der Waals surface area (Å²) < 4.78 is 21.2. The van der Waals surface area contributed by atoms with Gasteiger partial charge in [-0.15, -0.1) is 4.68 Å². The third-order valence-electron chi connectivity index (χ3n) is 7.73. The molecule has 218 valence electrons. The molecule has 1 fully saturated rings. The minimum absolute atomic E-state index is 0.0373. The fourth-order valence-corrected chi connectivity index (χ4v) is 5.16. The van der Waals surface area contributed by atoms with Crippen molar-refractivity contribution in [3.05, 3.63) is 34.4 Å². The summed E-state index contributed by atoms with van der Waals surface area (Å²) in [6, 6.07) is 3.93. The fourth-order valence-electron chi connectivity index (χ4n) is 5.16. The van der Waals surface area contributed by atoms with E-state index in [-0.39, 0.29) is 23.8 Å². The van der Waals surface area contributed by atoms with Gasteiger partial charge in [-0.25, -0.2) is 0 Å². The van der Waals surface area contributed by atoms with Gasteiger partial charge in [0.05, 0.1) is 31.6 Å². The maximum Gasteiger partial charge on any atom is 0.357 e. The Morgan fingerprint density at radius 2 is 1.82 bits per heavy atom. The number of anilines is 2. The molecule has 3 aromatic rings. The highest BCUT2D eigenvalue weighted by atomic mass is 16.5. The number of morpholine rings is 1. The van der Waals surface area contributed by atoms with Gasteiger partial charge in [-0.3, -0.25) is 4.79 Å². The molecule has 1 N–H and O–H groups in total. The number of aromatic nitrogens is 4. The lowest BCUT2D eigenvalue weighted by Gasteiger charge is -2.33. The average molecular weight is 554 g/mol. The van der Waals surface area contributed by atoms with Crippen molar-refractivity contribution < 1.29 is 23.7 Å². The first-order valence-corrected chi connectivity index (χ1v) is 14.3. The van der Waals surface area contributed by atoms with Crippen molar-refractivity contribution in [1.29, 1.82) is 0 Å². The minimum Gasteiger partial charge on any atom is -0.494 e. The third-order valence-corrected chi connectivity index (χ3v) is 7.73. The number of benzene rings is 1. The number of rotatable bonds is 10. The Morgan fingerprint density at radius 1 is 1.15 bits per heavy atom. The first-order chi connectivity index (χ1) is 19.0. The van der Waals surface area contributed by atoms with Gasteiger partial charge in [0.25, 0.3) is 5.88 Å². The summed E-state index contributed by atoms with van der Waals surface area (Å²) in [7, 11) is 3.49. The molecule has 0 saturated carbocycles. The first-order valence-electron chi connectivity index (χ1n) is 14.3. The molecule has 0 bridgehead atoms. The van der Waals surface area contributed by atoms with Crippen molar-refractivity contribution in [3.8, 4) is 11.6 Å². The molecule has 1 aliphatic rings. The zero-order chi connectivity index (χ0) is 29.2. The van der Waals surface area contributed by atoms with Crippen molar-refractivity contribution in [2.24, 2.45) is 0 Å². The fraction of sp³-hybridized carbons (Fsp3) is 0.600. The molecule has 10 heteroatoms. The van der Waals surface area contributed by atoms with E-state index in [0.717, 1.165) is 59.7 Å². The molecule has 4 rings (SSSR count). The second kappa shape index (κ2) is 12.0. The second-order valence-corrected chi connectivity index (χ2v) is 11.4. The monoisotopic (exact) mass is 553 g/mol. The summed E-state index contributed by atoms with van der Waals surface area (Å²) in [5, 5.41) is 12.6. The summed E-state index contributed by atoms with van der Waals surface area (Å²) >= 11 is 0. The van der Waals surface area contributed by atoms with Gasteiger partial charge >= 0.3 is 11.6 Å². The minimum atomic E-state index is -0.223. The van der Waals surface area contributed by atoms with Crippen molar-refractivity contribution >= 4 is 23.1 Å². The second-order valence-electron chi connectivity index (χ2n) is 11.4. The first kappa shape index (κ1) is 29.6. The van der Waals surface area contributed by atoms with Crippen LogP contribution >= 0.6 is 0 Å². The number of nitrogens with one attached hydrogen (secondary N) is 1. The molecule has 2 aromatic heterocycles. The van der Waals surface area contributed by atoms with Crippen LogP contribution in [0, 0.1) is 13.8 Å². The highest BCUT2D eigenvalue weighted by molar-refractivity contribution is 5.97. The van der Waals surface area contributed by atoms with E-state index in [4.69, 9.17) is 24.4 Å². The van der Waals surface area contributed by atoms with Crippen LogP contribution in [0.4, 0.5) is 11.6 Å². The van der Waals surface area contributed by atoms with Crippen LogP contribution in [0.2, 0.25) is 0 Å². The molecule has 0 unspecified atom stereocenters. The SMILES string of the molecule is CCC(CC)Oc1nn2c(NC)n[n+](CC(=O)c3cc(N4CCOCC4)c(OC)c(C(C)(C)C)c3)c2c(C)c1C. The predicted molar refractivity (Wildman–Crippen MR) is 156 cm³/mol. The van der Waals surface area contributed by atoms with Crippen LogP contribution in [0.5, 0.6) is 11.6 Å². The van der Waals surface area contributed by atoms with E-state index >= 15 is 0 Å². The summed E-state index contributed by atoms with van der Waals surface area (Å²) in [5.41, 5.74) is 4.99. The van der Waals surface area contributed by atoms with Gasteiger partial charge < -0.3 is 24.4 Å². The summed E-state index contributed by atoms with van der Waals surface area (Å²) in [4.78, 5) is 16.2. The zero-order valence-electron chi connectivity index (χ0n) is 25.6. The zero-order valence-corrected chi connectivity index (χ0v) is 25.6. The van der Waals surface area contributed by atoms with Crippen molar-refractivity contribution in [3.63, 3.8) is 0 Å². The summed E-state index contributed by atoms with van der Waals surface area (Å²) in [6.45, 7) is 17.5. The van der Waals surface area contributed by atoms with Crippen LogP contribution in [0.3, 0.4) is 0 Å². The van der Waals surface area contributed by atoms with E-state index in [1.54, 1.807) is 23.4 Å². The molecule has 1 saturated heterocycles. The number of ether oxygens (including phenoxy) is 3. The largest absolute Gasteiger partial charge is 0.494 e. The Kier molecular flexibility index (Phi) is 8.87. The maximum absolute atomic E-state index is 13.9. The molecule has 10 nitrogen and oxygen atoms in total. The molecule has 0 aliphatic carbocycles. The smallest absolute Gasteiger partial charge is 0.357 e. The number of aryl methyl sites for hydroxylation is 1. The molecule has 3 heterocycles. The topological polar surface area (TPSA) is 94.1 Å². The molecule has 0 radical (unpaired) electrons. The van der Waals surface area contributed by atoms with Crippen LogP contribution in [-0.4, -0.2) is 67.1 Å². The van der Waals surface area contributed by atoms with E-state index in [9.17, 15) is 4.79 Å². The Balaban J connectivity index is 1.78. The molecule has 0 spiro atoms. The van der Waals surface area contributed by atoms with E-state index in [1.165, 1.54) is 0 Å². The van der Waals surface area contributed by atoms with Crippen molar-refractivity contribution in [2.75, 3.05) is 50.7 Å². The molecule has 40 heavy (non-hydrogen) atoms. The number of hydrogen-bond acceptors (Lipinski definition) is 8. The number of ketones is 1. The van der Waals surface area contributed by atoms with E-state index in [1.807, 2.05) is 26.0 Å². The number of carbonyl (C=O) groups excluding carboxylic acids is 1. The van der Waals surface area contributed by atoms with E-state index in [2.05, 4.69) is 44.8 Å². The molecular formula is C30H45N6O4+. The lowest BCUT2D eigenvalue weighted by Crippen LogP contribution is -2.41. The van der Waals surface area contributed by atoms with Gasteiger partial charge in [0.2, 0.25) is 5.78 Å². The van der Waals surface area contributed by atoms with Gasteiger partial charge in [0, 0.05) is 36.8 Å². The Morgan fingerprint density at radius 3 is 2.40 bits per heavy atom. The van der Waals surface area contributed by atoms with Gasteiger partial charge in [0.15, 0.2) is 6.54 Å². The van der Waals surface area contributed by atoms with Crippen LogP contribution in [0.25, 0.3) is 5.65 Å². The maximum atomic E-state index is 13.9. The van der Waals surface area contributed by atoms with Crippen molar-refractivity contribution in [2.45, 2.75) is 79.4 Å². The van der Waals surface area contributed by atoms with Gasteiger partial charge in [-0.2, -0.15) is 0 Å². The normalized spacial score (nSPS) is 14.2. The Labute approximate surface area is 237 Å². The number of nitrogens with zero attached hydrogens (tertiary/aromatic N) is 5. The number of carbonyl (C=O) groups is 1. The molecule has 1 aliphatic heterocycles. The van der Waals surface area contributed by atoms with Gasteiger partial charge in [-0.05, 0) is 54.4 Å². The number of fused-ring (bicyclic) bond motifs is 1. The average Bonchev–Trinajstić information content (AvgIpc) is 3.30. The summed E-state index contributed by atoms with van der Waals surface area (Å²) in [6.07, 6.45) is 1.89. The lowest BCUT2D eigenvalue weighted by atomic mass is 9.84. The van der Waals surface area contributed by atoms with Crippen LogP contribution < -0.4 is 24.4 Å². The molecule has 1 aromatic carbocycles. The third kappa shape index (κ3) is 5.73. The number of Topliss-reactive ketones (excluding diaryl/α,β-unsaturated/α-hetero) is 1. The molecule has 0 amide bonds. The van der Waals surface area contributed by atoms with E-state index in [0.29, 0.717) is 30.6 Å². The highest BCUT2D eigenvalue weighted by Crippen LogP contribution is 2.40. The lowest BCUT2D eigenvalue weighted by molar-refractivity contribution is -0.714. The molecular weight excluding hydrogens is 508 g/mol. The van der Waals surface area contributed by atoms with Crippen LogP contribution in [0.15, 0.2) is 12.1 Å². The predicted octanol–water partition coefficient (Wildman–Crippen LogP) is 4.27. The van der Waals surface area contributed by atoms with Crippen LogP contribution in [-0.2, 0) is 16.7 Å². The molecule has 0 atom stereocenters. The van der Waals surface area contributed by atoms with E-state index < -0.39 is 0 Å². The standard InChI is InChI=1S/C30H45N6O4/c1-10-22(11-2)40-27-19(3)20(4)28-35(33-29(31-8)36(28)32-27)18-25(37)21-16-23(30(5,6)7)26(38-9)24(17-21)34-12-14-39-15-13-34/h16-17,22H,10-15,18H2,1-9H3,(H,31,33)/q+1. The van der Waals surface area contributed by atoms with Crippen LogP contribution in [0.1, 0.15) is 74.5 Å². The highest BCUT2D eigenvalue weighted by Gasteiger charge is 2.31. The number of methoxy groups -OCH3 is 1. The Bertz CT molecular complexity index is 1370. The van der Waals surface area contributed by atoms with Gasteiger partial charge in [-0.1, -0.05) is 39.1 Å². The quantitative estimate of drug-likeness (QED) is 0.294. The van der Waals surface area contributed by atoms with Crippen molar-refractivity contribution in [1.82, 2.24) is 14.7 Å². The van der Waals surface area contributed by atoms with Gasteiger partial charge in [0.1, 0.15) is 11.9 Å².